The summed E-state index contributed by atoms with van der Waals surface area (Å²) in [4.78, 5) is 13.9. The first-order valence-corrected chi connectivity index (χ1v) is 12.6. The largest absolute Gasteiger partial charge is 0.491 e. The van der Waals surface area contributed by atoms with Crippen LogP contribution in [0.4, 0.5) is 0 Å². The molecule has 1 aliphatic heterocycles. The number of hydrogen-bond acceptors (Lipinski definition) is 3. The van der Waals surface area contributed by atoms with Gasteiger partial charge >= 0.3 is 0 Å². The molecule has 1 aromatic carbocycles. The highest BCUT2D eigenvalue weighted by Crippen LogP contribution is 2.30. The van der Waals surface area contributed by atoms with Gasteiger partial charge in [0.25, 0.3) is 0 Å². The molecule has 0 bridgehead atoms. The van der Waals surface area contributed by atoms with Crippen LogP contribution >= 0.6 is 15.9 Å². The molecule has 2 fully saturated rings. The highest BCUT2D eigenvalue weighted by Gasteiger charge is 2.24. The van der Waals surface area contributed by atoms with E-state index in [1.807, 2.05) is 0 Å². The number of piperidine rings is 1. The van der Waals surface area contributed by atoms with Crippen molar-refractivity contribution in [1.29, 1.82) is 0 Å². The Hall–Kier alpha value is -1.07. The quantitative estimate of drug-likeness (QED) is 0.530. The molecule has 0 aromatic heterocycles. The number of nitrogens with zero attached hydrogens (tertiary/aromatic N) is 1. The third-order valence-corrected chi connectivity index (χ3v) is 7.49. The highest BCUT2D eigenvalue weighted by atomic mass is 79.9. The number of carbonyl (C=O) groups excluding carboxylic acids is 1. The number of rotatable bonds is 8. The van der Waals surface area contributed by atoms with Gasteiger partial charge in [-0.05, 0) is 120 Å². The summed E-state index contributed by atoms with van der Waals surface area (Å²) in [6, 6.07) is 6.81. The van der Waals surface area contributed by atoms with Crippen molar-refractivity contribution in [2.75, 3.05) is 19.6 Å². The van der Waals surface area contributed by atoms with E-state index in [1.54, 1.807) is 6.92 Å². The molecule has 0 spiro atoms. The lowest BCUT2D eigenvalue weighted by molar-refractivity contribution is -0.119. The Balaban J connectivity index is 1.37. The fourth-order valence-corrected chi connectivity index (χ4v) is 5.43. The summed E-state index contributed by atoms with van der Waals surface area (Å²) in [6.07, 6.45) is 10.1. The van der Waals surface area contributed by atoms with E-state index < -0.39 is 0 Å². The van der Waals surface area contributed by atoms with E-state index in [-0.39, 0.29) is 12.0 Å². The number of nitrogens with one attached hydrogen (secondary N) is 1. The Kier molecular flexibility index (Phi) is 9.06. The van der Waals surface area contributed by atoms with Crippen LogP contribution in [0.25, 0.3) is 0 Å². The van der Waals surface area contributed by atoms with Gasteiger partial charge in [-0.25, -0.2) is 0 Å². The van der Waals surface area contributed by atoms with Crippen LogP contribution in [0.5, 0.6) is 5.75 Å². The van der Waals surface area contributed by atoms with Gasteiger partial charge in [-0.3, -0.25) is 4.79 Å². The third-order valence-electron chi connectivity index (χ3n) is 6.71. The summed E-state index contributed by atoms with van der Waals surface area (Å²) in [7, 11) is 0. The van der Waals surface area contributed by atoms with E-state index in [9.17, 15) is 4.79 Å². The molecular weight excluding hydrogens is 440 g/mol. The van der Waals surface area contributed by atoms with Crippen molar-refractivity contribution in [3.63, 3.8) is 0 Å². The van der Waals surface area contributed by atoms with Crippen LogP contribution in [0.3, 0.4) is 0 Å². The predicted octanol–water partition coefficient (Wildman–Crippen LogP) is 5.58. The normalized spacial score (nSPS) is 23.5. The zero-order chi connectivity index (χ0) is 21.5. The predicted molar refractivity (Wildman–Crippen MR) is 127 cm³/mol. The van der Waals surface area contributed by atoms with Crippen LogP contribution in [0.15, 0.2) is 22.7 Å². The zero-order valence-corrected chi connectivity index (χ0v) is 20.5. The van der Waals surface area contributed by atoms with Gasteiger partial charge in [-0.15, -0.1) is 0 Å². The van der Waals surface area contributed by atoms with Gasteiger partial charge in [0.05, 0.1) is 6.10 Å². The molecule has 1 saturated heterocycles. The minimum absolute atomic E-state index is 0.118. The minimum atomic E-state index is 0.118. The summed E-state index contributed by atoms with van der Waals surface area (Å²) >= 11 is 3.73. The second-order valence-electron chi connectivity index (χ2n) is 9.62. The molecule has 1 aliphatic carbocycles. The number of halogens is 1. The minimum Gasteiger partial charge on any atom is -0.491 e. The van der Waals surface area contributed by atoms with Gasteiger partial charge in [0.1, 0.15) is 5.75 Å². The Labute approximate surface area is 191 Å². The number of ether oxygens (including phenoxy) is 1. The van der Waals surface area contributed by atoms with E-state index in [2.05, 4.69) is 58.2 Å². The SMILES string of the molecule is CC(=O)N[C@H]1CC[C@H](CCN2CCC(Cc3cc(OC(C)C)ccc3Br)CC2)CC1. The lowest BCUT2D eigenvalue weighted by atomic mass is 9.83. The van der Waals surface area contributed by atoms with Crippen molar-refractivity contribution in [2.45, 2.75) is 84.3 Å². The fraction of sp³-hybridized carbons (Fsp3) is 0.720. The third kappa shape index (κ3) is 7.56. The second kappa shape index (κ2) is 11.5. The molecule has 1 N–H and O–H groups in total. The Morgan fingerprint density at radius 2 is 1.83 bits per heavy atom. The number of benzene rings is 1. The van der Waals surface area contributed by atoms with Crippen LogP contribution in [-0.2, 0) is 11.2 Å². The van der Waals surface area contributed by atoms with Crippen LogP contribution in [0.1, 0.15) is 71.3 Å². The van der Waals surface area contributed by atoms with E-state index in [1.165, 1.54) is 61.8 Å². The molecule has 5 heteroatoms. The Morgan fingerprint density at radius 1 is 1.13 bits per heavy atom. The molecule has 4 nitrogen and oxygen atoms in total. The topological polar surface area (TPSA) is 41.6 Å². The summed E-state index contributed by atoms with van der Waals surface area (Å²) in [6.45, 7) is 9.48. The summed E-state index contributed by atoms with van der Waals surface area (Å²) in [5.41, 5.74) is 1.38. The van der Waals surface area contributed by atoms with Gasteiger partial charge in [-0.2, -0.15) is 0 Å². The highest BCUT2D eigenvalue weighted by molar-refractivity contribution is 9.10. The van der Waals surface area contributed by atoms with Crippen molar-refractivity contribution in [3.8, 4) is 5.75 Å². The number of hydrogen-bond donors (Lipinski definition) is 1. The first-order valence-electron chi connectivity index (χ1n) is 11.8. The van der Waals surface area contributed by atoms with Crippen molar-refractivity contribution in [3.05, 3.63) is 28.2 Å². The van der Waals surface area contributed by atoms with Crippen LogP contribution in [-0.4, -0.2) is 42.6 Å². The molecule has 168 valence electrons. The molecule has 0 radical (unpaired) electrons. The second-order valence-corrected chi connectivity index (χ2v) is 10.5. The maximum Gasteiger partial charge on any atom is 0.217 e. The van der Waals surface area contributed by atoms with Crippen molar-refractivity contribution in [2.24, 2.45) is 11.8 Å². The number of carbonyl (C=O) groups is 1. The molecule has 1 heterocycles. The van der Waals surface area contributed by atoms with Crippen molar-refractivity contribution < 1.29 is 9.53 Å². The molecule has 3 rings (SSSR count). The van der Waals surface area contributed by atoms with Gasteiger partial charge < -0.3 is 15.0 Å². The molecule has 0 atom stereocenters. The Morgan fingerprint density at radius 3 is 2.47 bits per heavy atom. The van der Waals surface area contributed by atoms with E-state index in [0.29, 0.717) is 6.04 Å². The molecule has 2 aliphatic rings. The molecule has 1 amide bonds. The monoisotopic (exact) mass is 478 g/mol. The van der Waals surface area contributed by atoms with E-state index in [0.717, 1.165) is 36.8 Å². The summed E-state index contributed by atoms with van der Waals surface area (Å²) < 4.78 is 7.09. The zero-order valence-electron chi connectivity index (χ0n) is 19.0. The molecule has 0 unspecified atom stereocenters. The van der Waals surface area contributed by atoms with Crippen LogP contribution in [0.2, 0.25) is 0 Å². The smallest absolute Gasteiger partial charge is 0.217 e. The average Bonchev–Trinajstić information content (AvgIpc) is 2.70. The summed E-state index contributed by atoms with van der Waals surface area (Å²) in [5, 5.41) is 3.09. The van der Waals surface area contributed by atoms with Gasteiger partial charge in [0.2, 0.25) is 5.91 Å². The van der Waals surface area contributed by atoms with Crippen molar-refractivity contribution in [1.82, 2.24) is 10.2 Å². The molecule has 30 heavy (non-hydrogen) atoms. The maximum absolute atomic E-state index is 11.2. The molecular formula is C25H39BrN2O2. The average molecular weight is 480 g/mol. The van der Waals surface area contributed by atoms with E-state index >= 15 is 0 Å². The van der Waals surface area contributed by atoms with Crippen LogP contribution < -0.4 is 10.1 Å². The lowest BCUT2D eigenvalue weighted by Gasteiger charge is -2.34. The Bertz CT molecular complexity index is 678. The van der Waals surface area contributed by atoms with Gasteiger partial charge in [0, 0.05) is 17.4 Å². The number of amides is 1. The first-order chi connectivity index (χ1) is 14.4. The van der Waals surface area contributed by atoms with Crippen molar-refractivity contribution >= 4 is 21.8 Å². The van der Waals surface area contributed by atoms with Crippen LogP contribution in [0, 0.1) is 11.8 Å². The first kappa shape index (κ1) is 23.6. The lowest BCUT2D eigenvalue weighted by Crippen LogP contribution is -2.38. The standard InChI is InChI=1S/C25H39BrN2O2/c1-18(2)30-24-8-9-25(26)22(17-24)16-21-11-14-28(15-12-21)13-10-20-4-6-23(7-5-20)27-19(3)29/h8-9,17-18,20-21,23H,4-7,10-16H2,1-3H3,(H,27,29)/t20-,23-. The fourth-order valence-electron chi connectivity index (χ4n) is 5.03. The van der Waals surface area contributed by atoms with E-state index in [4.69, 9.17) is 4.74 Å². The molecule has 1 aromatic rings. The molecule has 1 saturated carbocycles. The van der Waals surface area contributed by atoms with Gasteiger partial charge in [-0.1, -0.05) is 15.9 Å². The summed E-state index contributed by atoms with van der Waals surface area (Å²) in [5.74, 6) is 2.70. The van der Waals surface area contributed by atoms with Gasteiger partial charge in [0.15, 0.2) is 0 Å². The number of likely N-dealkylation sites (tertiary alicyclic amines) is 1. The maximum atomic E-state index is 11.2.